The Morgan fingerprint density at radius 1 is 1.00 bits per heavy atom. The second kappa shape index (κ2) is 10.5. The van der Waals surface area contributed by atoms with Gasteiger partial charge in [0.1, 0.15) is 5.69 Å². The average Bonchev–Trinajstić information content (AvgIpc) is 2.92. The summed E-state index contributed by atoms with van der Waals surface area (Å²) < 4.78 is 0. The number of nitrogens with zero attached hydrogens (tertiary/aromatic N) is 5. The van der Waals surface area contributed by atoms with E-state index in [1.165, 1.54) is 0 Å². The Morgan fingerprint density at radius 3 is 2.57 bits per heavy atom. The monoisotopic (exact) mass is 498 g/mol. The van der Waals surface area contributed by atoms with E-state index in [0.29, 0.717) is 47.7 Å². The fraction of sp³-hybridized carbons (Fsp3) is 0.250. The topological polar surface area (TPSA) is 105 Å². The molecule has 1 aliphatic heterocycles. The Kier molecular flexibility index (Phi) is 7.00. The molecule has 0 fully saturated rings. The van der Waals surface area contributed by atoms with Gasteiger partial charge >= 0.3 is 0 Å². The summed E-state index contributed by atoms with van der Waals surface area (Å²) >= 11 is 0. The predicted octanol–water partition coefficient (Wildman–Crippen LogP) is 4.64. The highest BCUT2D eigenvalue weighted by molar-refractivity contribution is 6.07. The number of amidine groups is 1. The molecule has 37 heavy (non-hydrogen) atoms. The summed E-state index contributed by atoms with van der Waals surface area (Å²) in [4.78, 5) is 20.0. The van der Waals surface area contributed by atoms with Crippen LogP contribution in [-0.2, 0) is 0 Å². The summed E-state index contributed by atoms with van der Waals surface area (Å²) in [5, 5.41) is 31.6. The minimum Gasteiger partial charge on any atom is -0.350 e. The molecule has 9 nitrogen and oxygen atoms in total. The van der Waals surface area contributed by atoms with Gasteiger partial charge in [-0.3, -0.25) is 15.2 Å². The number of hydrogen-bond acceptors (Lipinski definition) is 8. The number of pyridine rings is 1. The number of hydroxylamine groups is 1. The van der Waals surface area contributed by atoms with Gasteiger partial charge in [-0.25, -0.2) is 10.0 Å². The van der Waals surface area contributed by atoms with Crippen LogP contribution in [0.5, 0.6) is 0 Å². The summed E-state index contributed by atoms with van der Waals surface area (Å²) in [6.07, 6.45) is 1.18. The smallest absolute Gasteiger partial charge is 0.253 e. The van der Waals surface area contributed by atoms with Gasteiger partial charge in [-0.05, 0) is 57.3 Å². The minimum absolute atomic E-state index is 0.0845. The summed E-state index contributed by atoms with van der Waals surface area (Å²) in [5.41, 5.74) is 3.02. The van der Waals surface area contributed by atoms with Gasteiger partial charge in [-0.2, -0.15) is 0 Å². The molecule has 1 unspecified atom stereocenters. The molecular weight excluding hydrogens is 468 g/mol. The molecule has 0 saturated carbocycles. The minimum atomic E-state index is -0.150. The molecule has 0 spiro atoms. The number of benzene rings is 3. The van der Waals surface area contributed by atoms with Gasteiger partial charge in [-0.15, -0.1) is 10.3 Å². The Balaban J connectivity index is 1.16. The molecule has 3 N–H and O–H groups in total. The number of hydrazone groups is 1. The summed E-state index contributed by atoms with van der Waals surface area (Å²) in [5.74, 6) is 0.217. The molecule has 5 rings (SSSR count). The Labute approximate surface area is 215 Å². The first-order chi connectivity index (χ1) is 17.9. The van der Waals surface area contributed by atoms with Crippen molar-refractivity contribution in [1.29, 1.82) is 0 Å². The fourth-order valence-corrected chi connectivity index (χ4v) is 4.50. The molecule has 0 radical (unpaired) electrons. The average molecular weight is 499 g/mol. The van der Waals surface area contributed by atoms with Crippen LogP contribution in [-0.4, -0.2) is 58.2 Å². The molecule has 4 aromatic rings. The highest BCUT2D eigenvalue weighted by Gasteiger charge is 2.24. The van der Waals surface area contributed by atoms with Crippen molar-refractivity contribution in [2.24, 2.45) is 5.10 Å². The van der Waals surface area contributed by atoms with Crippen molar-refractivity contribution in [3.63, 3.8) is 0 Å². The van der Waals surface area contributed by atoms with Crippen LogP contribution in [0.15, 0.2) is 77.9 Å². The van der Waals surface area contributed by atoms with Crippen LogP contribution in [0.3, 0.4) is 0 Å². The van der Waals surface area contributed by atoms with Crippen LogP contribution < -0.4 is 15.6 Å². The molecule has 0 bridgehead atoms. The number of para-hydroxylation sites is 4. The van der Waals surface area contributed by atoms with Gasteiger partial charge in [0, 0.05) is 29.8 Å². The third kappa shape index (κ3) is 5.10. The van der Waals surface area contributed by atoms with Crippen LogP contribution in [0.4, 0.5) is 11.4 Å². The largest absolute Gasteiger partial charge is 0.350 e. The van der Waals surface area contributed by atoms with E-state index in [9.17, 15) is 15.2 Å². The van der Waals surface area contributed by atoms with E-state index in [-0.39, 0.29) is 11.9 Å². The first kappa shape index (κ1) is 24.6. The maximum atomic E-state index is 13.1. The molecule has 1 aromatic heterocycles. The van der Waals surface area contributed by atoms with E-state index in [2.05, 4.69) is 28.3 Å². The molecule has 1 atom stereocenters. The van der Waals surface area contributed by atoms with Crippen LogP contribution in [0.25, 0.3) is 21.8 Å². The zero-order valence-electron chi connectivity index (χ0n) is 20.9. The summed E-state index contributed by atoms with van der Waals surface area (Å²) in [6.45, 7) is 3.25. The van der Waals surface area contributed by atoms with E-state index in [0.717, 1.165) is 33.1 Å². The number of aromatic nitrogens is 1. The van der Waals surface area contributed by atoms with Gasteiger partial charge < -0.3 is 10.2 Å². The van der Waals surface area contributed by atoms with Crippen LogP contribution >= 0.6 is 0 Å². The van der Waals surface area contributed by atoms with Gasteiger partial charge in [0.15, 0.2) is 5.84 Å². The number of anilines is 2. The van der Waals surface area contributed by atoms with E-state index >= 15 is 0 Å². The molecule has 0 saturated heterocycles. The SMILES string of the molecule is CC(CNC(=O)c1cccc2cc3ccccc3nc12)N(C)CCCC1=NN(O)c2ccccc2N1O. The number of carbonyl (C=O) groups is 1. The number of fused-ring (bicyclic) bond motifs is 3. The lowest BCUT2D eigenvalue weighted by Crippen LogP contribution is -2.41. The lowest BCUT2D eigenvalue weighted by atomic mass is 10.1. The molecular formula is C28H30N6O3. The number of carbonyl (C=O) groups excluding carboxylic acids is 1. The number of rotatable bonds is 8. The quantitative estimate of drug-likeness (QED) is 0.304. The van der Waals surface area contributed by atoms with Crippen molar-refractivity contribution < 1.29 is 15.2 Å². The third-order valence-electron chi connectivity index (χ3n) is 6.79. The number of amides is 1. The second-order valence-electron chi connectivity index (χ2n) is 9.31. The van der Waals surface area contributed by atoms with Crippen molar-refractivity contribution in [2.45, 2.75) is 25.8 Å². The zero-order valence-corrected chi connectivity index (χ0v) is 20.9. The Bertz CT molecular complexity index is 1470. The standard InChI is InChI=1S/C28H30N6O3/c1-19(32(2)16-8-15-26-31-34(37)25-14-6-5-13-24(25)33(26)36)18-29-28(35)22-11-7-10-21-17-20-9-3-4-12-23(20)30-27(21)22/h3-7,9-14,17,19,36-37H,8,15-16,18H2,1-2H3,(H,29,35). The Morgan fingerprint density at radius 2 is 1.73 bits per heavy atom. The van der Waals surface area contributed by atoms with Crippen molar-refractivity contribution in [3.05, 3.63) is 78.4 Å². The normalized spacial score (nSPS) is 14.1. The number of hydrogen-bond donors (Lipinski definition) is 3. The van der Waals surface area contributed by atoms with E-state index in [1.807, 2.05) is 49.5 Å². The van der Waals surface area contributed by atoms with Crippen molar-refractivity contribution >= 4 is 44.9 Å². The first-order valence-corrected chi connectivity index (χ1v) is 12.3. The second-order valence-corrected chi connectivity index (χ2v) is 9.31. The van der Waals surface area contributed by atoms with Crippen LogP contribution in [0.2, 0.25) is 0 Å². The van der Waals surface area contributed by atoms with Gasteiger partial charge in [-0.1, -0.05) is 42.5 Å². The fourth-order valence-electron chi connectivity index (χ4n) is 4.50. The molecule has 9 heteroatoms. The molecule has 1 aliphatic rings. The number of nitrogens with one attached hydrogen (secondary N) is 1. The zero-order chi connectivity index (χ0) is 25.9. The summed E-state index contributed by atoms with van der Waals surface area (Å²) in [7, 11) is 2.00. The number of likely N-dealkylation sites (N-methyl/N-ethyl adjacent to an activating group) is 1. The van der Waals surface area contributed by atoms with Gasteiger partial charge in [0.05, 0.1) is 22.3 Å². The third-order valence-corrected chi connectivity index (χ3v) is 6.79. The lowest BCUT2D eigenvalue weighted by molar-refractivity contribution is 0.0942. The highest BCUT2D eigenvalue weighted by atomic mass is 16.5. The van der Waals surface area contributed by atoms with Gasteiger partial charge in [0.2, 0.25) is 0 Å². The first-order valence-electron chi connectivity index (χ1n) is 12.3. The highest BCUT2D eigenvalue weighted by Crippen LogP contribution is 2.32. The molecule has 1 amide bonds. The molecule has 190 valence electrons. The summed E-state index contributed by atoms with van der Waals surface area (Å²) in [6, 6.07) is 22.7. The molecule has 3 aromatic carbocycles. The van der Waals surface area contributed by atoms with Crippen LogP contribution in [0.1, 0.15) is 30.1 Å². The van der Waals surface area contributed by atoms with E-state index in [1.54, 1.807) is 24.3 Å². The molecule has 2 heterocycles. The van der Waals surface area contributed by atoms with Crippen molar-refractivity contribution in [3.8, 4) is 0 Å². The maximum absolute atomic E-state index is 13.1. The van der Waals surface area contributed by atoms with E-state index < -0.39 is 0 Å². The predicted molar refractivity (Wildman–Crippen MR) is 145 cm³/mol. The van der Waals surface area contributed by atoms with E-state index in [4.69, 9.17) is 4.98 Å². The van der Waals surface area contributed by atoms with Crippen molar-refractivity contribution in [1.82, 2.24) is 15.2 Å². The van der Waals surface area contributed by atoms with Crippen molar-refractivity contribution in [2.75, 3.05) is 30.4 Å². The van der Waals surface area contributed by atoms with Crippen LogP contribution in [0, 0.1) is 0 Å². The lowest BCUT2D eigenvalue weighted by Gasteiger charge is -2.30. The van der Waals surface area contributed by atoms with Gasteiger partial charge in [0.25, 0.3) is 5.91 Å². The Hall–Kier alpha value is -4.05. The molecule has 0 aliphatic carbocycles. The maximum Gasteiger partial charge on any atom is 0.253 e.